The standard InChI is InChI=1S/C18H23N5O2/c19-16-4-1-3-13(16)11-17(24)20-12-18(25)22-14-5-7-15(8-6-14)23-10-2-9-21-23/h2,5-10,13,16H,1,3-4,11-12,19H2,(H,20,24)(H,22,25)/t13-,16+/m0/s1. The van der Waals surface area contributed by atoms with Crippen molar-refractivity contribution in [3.63, 3.8) is 0 Å². The maximum atomic E-state index is 12.0. The maximum Gasteiger partial charge on any atom is 0.243 e. The van der Waals surface area contributed by atoms with E-state index in [-0.39, 0.29) is 30.3 Å². The largest absolute Gasteiger partial charge is 0.347 e. The van der Waals surface area contributed by atoms with E-state index in [2.05, 4.69) is 15.7 Å². The van der Waals surface area contributed by atoms with Crippen LogP contribution in [0.25, 0.3) is 5.69 Å². The van der Waals surface area contributed by atoms with Crippen molar-refractivity contribution < 1.29 is 9.59 Å². The molecule has 1 saturated carbocycles. The predicted octanol–water partition coefficient (Wildman–Crippen LogP) is 1.44. The van der Waals surface area contributed by atoms with Crippen LogP contribution in [0.5, 0.6) is 0 Å². The smallest absolute Gasteiger partial charge is 0.243 e. The van der Waals surface area contributed by atoms with E-state index in [4.69, 9.17) is 5.73 Å². The van der Waals surface area contributed by atoms with Crippen molar-refractivity contribution in [2.45, 2.75) is 31.7 Å². The maximum absolute atomic E-state index is 12.0. The number of amides is 2. The van der Waals surface area contributed by atoms with Crippen LogP contribution < -0.4 is 16.4 Å². The molecule has 7 nitrogen and oxygen atoms in total. The van der Waals surface area contributed by atoms with E-state index in [1.165, 1.54) is 0 Å². The van der Waals surface area contributed by atoms with Gasteiger partial charge < -0.3 is 16.4 Å². The molecule has 1 aromatic heterocycles. The molecule has 1 aromatic carbocycles. The van der Waals surface area contributed by atoms with Gasteiger partial charge in [-0.05, 0) is 49.1 Å². The van der Waals surface area contributed by atoms with Crippen molar-refractivity contribution in [1.29, 1.82) is 0 Å². The number of hydrogen-bond acceptors (Lipinski definition) is 4. The molecule has 1 aliphatic rings. The lowest BCUT2D eigenvalue weighted by molar-refractivity contribution is -0.124. The second-order valence-electron chi connectivity index (χ2n) is 6.38. The molecule has 1 fully saturated rings. The number of hydrogen-bond donors (Lipinski definition) is 3. The summed E-state index contributed by atoms with van der Waals surface area (Å²) < 4.78 is 1.74. The van der Waals surface area contributed by atoms with Gasteiger partial charge in [-0.3, -0.25) is 9.59 Å². The fourth-order valence-electron chi connectivity index (χ4n) is 3.13. The quantitative estimate of drug-likeness (QED) is 0.740. The lowest BCUT2D eigenvalue weighted by Crippen LogP contribution is -2.36. The van der Waals surface area contributed by atoms with Crippen LogP contribution in [-0.4, -0.2) is 34.2 Å². The van der Waals surface area contributed by atoms with Crippen molar-refractivity contribution in [2.24, 2.45) is 11.7 Å². The summed E-state index contributed by atoms with van der Waals surface area (Å²) in [6.45, 7) is -0.0400. The highest BCUT2D eigenvalue weighted by Gasteiger charge is 2.26. The van der Waals surface area contributed by atoms with Gasteiger partial charge in [-0.15, -0.1) is 0 Å². The van der Waals surface area contributed by atoms with E-state index in [1.54, 1.807) is 23.0 Å². The zero-order valence-electron chi connectivity index (χ0n) is 14.0. The van der Waals surface area contributed by atoms with Crippen LogP contribution in [0, 0.1) is 5.92 Å². The first-order chi connectivity index (χ1) is 12.1. The van der Waals surface area contributed by atoms with Crippen LogP contribution in [0.1, 0.15) is 25.7 Å². The zero-order valence-corrected chi connectivity index (χ0v) is 14.0. The topological polar surface area (TPSA) is 102 Å². The molecule has 2 amide bonds. The number of carbonyl (C=O) groups excluding carboxylic acids is 2. The van der Waals surface area contributed by atoms with Crippen LogP contribution in [0.2, 0.25) is 0 Å². The molecule has 0 spiro atoms. The summed E-state index contributed by atoms with van der Waals surface area (Å²) in [5.74, 6) is -0.139. The van der Waals surface area contributed by atoms with E-state index < -0.39 is 0 Å². The molecule has 7 heteroatoms. The van der Waals surface area contributed by atoms with Crippen molar-refractivity contribution in [2.75, 3.05) is 11.9 Å². The van der Waals surface area contributed by atoms with Crippen LogP contribution in [-0.2, 0) is 9.59 Å². The monoisotopic (exact) mass is 341 g/mol. The summed E-state index contributed by atoms with van der Waals surface area (Å²) in [6.07, 6.45) is 6.99. The van der Waals surface area contributed by atoms with Crippen LogP contribution in [0.3, 0.4) is 0 Å². The minimum atomic E-state index is -0.254. The Bertz CT molecular complexity index is 712. The van der Waals surface area contributed by atoms with Gasteiger partial charge in [0.1, 0.15) is 0 Å². The Morgan fingerprint density at radius 3 is 2.64 bits per heavy atom. The van der Waals surface area contributed by atoms with Gasteiger partial charge in [0.25, 0.3) is 0 Å². The molecule has 2 aromatic rings. The summed E-state index contributed by atoms with van der Waals surface area (Å²) in [5.41, 5.74) is 7.55. The molecule has 0 radical (unpaired) electrons. The summed E-state index contributed by atoms with van der Waals surface area (Å²) in [5, 5.41) is 9.57. The van der Waals surface area contributed by atoms with E-state index in [1.807, 2.05) is 24.4 Å². The Morgan fingerprint density at radius 2 is 2.00 bits per heavy atom. The number of aromatic nitrogens is 2. The third-order valence-electron chi connectivity index (χ3n) is 4.53. The SMILES string of the molecule is N[C@@H]1CCC[C@H]1CC(=O)NCC(=O)Nc1ccc(-n2cccn2)cc1. The average molecular weight is 341 g/mol. The van der Waals surface area contributed by atoms with E-state index in [9.17, 15) is 9.59 Å². The van der Waals surface area contributed by atoms with Crippen molar-refractivity contribution in [1.82, 2.24) is 15.1 Å². The number of nitrogens with one attached hydrogen (secondary N) is 2. The summed E-state index contributed by atoms with van der Waals surface area (Å²) in [4.78, 5) is 23.9. The third kappa shape index (κ3) is 4.67. The van der Waals surface area contributed by atoms with Crippen molar-refractivity contribution in [3.8, 4) is 5.69 Å². The Morgan fingerprint density at radius 1 is 1.20 bits per heavy atom. The van der Waals surface area contributed by atoms with E-state index >= 15 is 0 Å². The Balaban J connectivity index is 1.43. The average Bonchev–Trinajstić information content (AvgIpc) is 3.26. The van der Waals surface area contributed by atoms with Gasteiger partial charge in [0.2, 0.25) is 11.8 Å². The number of nitrogens with zero attached hydrogens (tertiary/aromatic N) is 2. The van der Waals surface area contributed by atoms with E-state index in [0.717, 1.165) is 24.9 Å². The molecule has 25 heavy (non-hydrogen) atoms. The second-order valence-corrected chi connectivity index (χ2v) is 6.38. The number of anilines is 1. The molecule has 4 N–H and O–H groups in total. The zero-order chi connectivity index (χ0) is 17.6. The van der Waals surface area contributed by atoms with Crippen molar-refractivity contribution >= 4 is 17.5 Å². The number of benzene rings is 1. The van der Waals surface area contributed by atoms with Gasteiger partial charge in [-0.25, -0.2) is 4.68 Å². The summed E-state index contributed by atoms with van der Waals surface area (Å²) in [7, 11) is 0. The molecule has 0 unspecified atom stereocenters. The molecule has 0 aliphatic heterocycles. The predicted molar refractivity (Wildman–Crippen MR) is 95.1 cm³/mol. The van der Waals surface area contributed by atoms with Crippen LogP contribution in [0.4, 0.5) is 5.69 Å². The van der Waals surface area contributed by atoms with Crippen LogP contribution >= 0.6 is 0 Å². The highest BCUT2D eigenvalue weighted by molar-refractivity contribution is 5.94. The molecule has 1 aliphatic carbocycles. The molecule has 1 heterocycles. The Labute approximate surface area is 146 Å². The van der Waals surface area contributed by atoms with Gasteiger partial charge in [0, 0.05) is 30.5 Å². The lowest BCUT2D eigenvalue weighted by Gasteiger charge is -2.14. The minimum Gasteiger partial charge on any atom is -0.347 e. The highest BCUT2D eigenvalue weighted by Crippen LogP contribution is 2.26. The lowest BCUT2D eigenvalue weighted by atomic mass is 10.00. The molecule has 132 valence electrons. The first-order valence-electron chi connectivity index (χ1n) is 8.54. The van der Waals surface area contributed by atoms with Gasteiger partial charge in [-0.1, -0.05) is 6.42 Å². The second kappa shape index (κ2) is 7.94. The Kier molecular flexibility index (Phi) is 5.45. The van der Waals surface area contributed by atoms with Gasteiger partial charge in [0.05, 0.1) is 12.2 Å². The fraction of sp³-hybridized carbons (Fsp3) is 0.389. The number of nitrogens with two attached hydrogens (primary N) is 1. The summed E-state index contributed by atoms with van der Waals surface area (Å²) >= 11 is 0. The van der Waals surface area contributed by atoms with E-state index in [0.29, 0.717) is 12.1 Å². The van der Waals surface area contributed by atoms with Gasteiger partial charge in [-0.2, -0.15) is 5.10 Å². The molecular weight excluding hydrogens is 318 g/mol. The Hall–Kier alpha value is -2.67. The highest BCUT2D eigenvalue weighted by atomic mass is 16.2. The first kappa shape index (κ1) is 17.2. The molecule has 2 atom stereocenters. The normalized spacial score (nSPS) is 19.6. The molecule has 3 rings (SSSR count). The summed E-state index contributed by atoms with van der Waals surface area (Å²) in [6, 6.07) is 9.28. The van der Waals surface area contributed by atoms with Crippen LogP contribution in [0.15, 0.2) is 42.7 Å². The third-order valence-corrected chi connectivity index (χ3v) is 4.53. The molecule has 0 saturated heterocycles. The van der Waals surface area contributed by atoms with Gasteiger partial charge in [0.15, 0.2) is 0 Å². The fourth-order valence-corrected chi connectivity index (χ4v) is 3.13. The van der Waals surface area contributed by atoms with Crippen molar-refractivity contribution in [3.05, 3.63) is 42.7 Å². The molecule has 0 bridgehead atoms. The first-order valence-corrected chi connectivity index (χ1v) is 8.54. The number of carbonyl (C=O) groups is 2. The van der Waals surface area contributed by atoms with Gasteiger partial charge >= 0.3 is 0 Å². The number of rotatable bonds is 6. The molecular formula is C18H23N5O2. The minimum absolute atomic E-state index is 0.0400.